The molecule has 2 N–H and O–H groups in total. The van der Waals surface area contributed by atoms with Gasteiger partial charge in [0, 0.05) is 19.5 Å². The summed E-state index contributed by atoms with van der Waals surface area (Å²) < 4.78 is 5.16. The molecule has 1 aromatic rings. The van der Waals surface area contributed by atoms with Gasteiger partial charge in [-0.1, -0.05) is 5.16 Å². The van der Waals surface area contributed by atoms with Crippen LogP contribution in [0.25, 0.3) is 0 Å². The highest BCUT2D eigenvalue weighted by Gasteiger charge is 2.26. The third kappa shape index (κ3) is 2.63. The van der Waals surface area contributed by atoms with Crippen LogP contribution in [0.1, 0.15) is 24.6 Å². The van der Waals surface area contributed by atoms with Gasteiger partial charge in [0.05, 0.1) is 12.5 Å². The Balaban J connectivity index is 1.59. The van der Waals surface area contributed by atoms with Crippen LogP contribution in [0.15, 0.2) is 4.52 Å². The lowest BCUT2D eigenvalue weighted by molar-refractivity contribution is -0.124. The van der Waals surface area contributed by atoms with Crippen molar-refractivity contribution < 1.29 is 9.32 Å². The second-order valence-corrected chi connectivity index (χ2v) is 4.75. The molecule has 1 saturated carbocycles. The Morgan fingerprint density at radius 3 is 2.94 bits per heavy atom. The molecule has 92 valence electrons. The van der Waals surface area contributed by atoms with Gasteiger partial charge in [-0.15, -0.1) is 0 Å². The smallest absolute Gasteiger partial charge is 0.237 e. The normalized spacial score (nSPS) is 24.7. The molecular weight excluding hydrogens is 220 g/mol. The highest BCUT2D eigenvalue weighted by molar-refractivity contribution is 5.82. The van der Waals surface area contributed by atoms with E-state index in [0.29, 0.717) is 18.9 Å². The van der Waals surface area contributed by atoms with E-state index in [1.54, 1.807) is 0 Å². The quantitative estimate of drug-likeness (QED) is 0.747. The van der Waals surface area contributed by atoms with Gasteiger partial charge in [-0.3, -0.25) is 4.79 Å². The van der Waals surface area contributed by atoms with Crippen molar-refractivity contribution in [3.05, 3.63) is 11.7 Å². The minimum absolute atomic E-state index is 0.0122. The van der Waals surface area contributed by atoms with Gasteiger partial charge in [-0.05, 0) is 18.8 Å². The zero-order valence-corrected chi connectivity index (χ0v) is 9.61. The molecule has 2 heterocycles. The Bertz CT molecular complexity index is 413. The number of carbonyl (C=O) groups excluding carboxylic acids is 1. The summed E-state index contributed by atoms with van der Waals surface area (Å²) in [4.78, 5) is 15.9. The molecule has 1 aliphatic heterocycles. The van der Waals surface area contributed by atoms with Crippen LogP contribution < -0.4 is 10.6 Å². The third-order valence-electron chi connectivity index (χ3n) is 3.19. The van der Waals surface area contributed by atoms with E-state index in [4.69, 9.17) is 4.52 Å². The number of hydrogen-bond donors (Lipinski definition) is 2. The van der Waals surface area contributed by atoms with Crippen molar-refractivity contribution in [2.75, 3.05) is 13.1 Å². The average molecular weight is 236 g/mol. The van der Waals surface area contributed by atoms with Gasteiger partial charge < -0.3 is 15.2 Å². The highest BCUT2D eigenvalue weighted by atomic mass is 16.5. The first-order valence-electron chi connectivity index (χ1n) is 6.14. The van der Waals surface area contributed by atoms with E-state index in [0.717, 1.165) is 24.7 Å². The predicted octanol–water partition coefficient (Wildman–Crippen LogP) is -0.347. The number of nitrogens with zero attached hydrogens (tertiary/aromatic N) is 2. The van der Waals surface area contributed by atoms with Crippen molar-refractivity contribution in [1.29, 1.82) is 0 Å². The molecule has 2 aliphatic rings. The second-order valence-electron chi connectivity index (χ2n) is 4.75. The molecule has 1 amide bonds. The van der Waals surface area contributed by atoms with Gasteiger partial charge in [0.2, 0.25) is 11.8 Å². The summed E-state index contributed by atoms with van der Waals surface area (Å²) in [5.74, 6) is 2.09. The fourth-order valence-electron chi connectivity index (χ4n) is 2.02. The van der Waals surface area contributed by atoms with Crippen LogP contribution in [-0.4, -0.2) is 35.2 Å². The van der Waals surface area contributed by atoms with Crippen LogP contribution in [0, 0.1) is 5.92 Å². The van der Waals surface area contributed by atoms with E-state index < -0.39 is 0 Å². The standard InChI is InChI=1S/C11H16N4O2/c16-11-8(12-3-4-13-11)6-10-14-9(15-17-10)5-7-1-2-7/h7-8,12H,1-6H2,(H,13,16). The maximum Gasteiger partial charge on any atom is 0.237 e. The monoisotopic (exact) mass is 236 g/mol. The minimum atomic E-state index is -0.238. The van der Waals surface area contributed by atoms with Crippen LogP contribution in [0.5, 0.6) is 0 Å². The Hall–Kier alpha value is -1.43. The van der Waals surface area contributed by atoms with Crippen molar-refractivity contribution in [3.8, 4) is 0 Å². The Labute approximate surface area is 99.2 Å². The van der Waals surface area contributed by atoms with Crippen molar-refractivity contribution in [1.82, 2.24) is 20.8 Å². The fourth-order valence-corrected chi connectivity index (χ4v) is 2.02. The van der Waals surface area contributed by atoms with E-state index in [1.807, 2.05) is 0 Å². The van der Waals surface area contributed by atoms with Gasteiger partial charge >= 0.3 is 0 Å². The topological polar surface area (TPSA) is 80.0 Å². The lowest BCUT2D eigenvalue weighted by atomic mass is 10.1. The van der Waals surface area contributed by atoms with Crippen LogP contribution in [0.3, 0.4) is 0 Å². The van der Waals surface area contributed by atoms with Crippen molar-refractivity contribution in [2.45, 2.75) is 31.7 Å². The molecule has 1 aliphatic carbocycles. The molecule has 0 aromatic carbocycles. The summed E-state index contributed by atoms with van der Waals surface area (Å²) in [5.41, 5.74) is 0. The van der Waals surface area contributed by atoms with Crippen LogP contribution in [0.2, 0.25) is 0 Å². The first-order chi connectivity index (χ1) is 8.31. The van der Waals surface area contributed by atoms with E-state index >= 15 is 0 Å². The molecule has 17 heavy (non-hydrogen) atoms. The maximum absolute atomic E-state index is 11.5. The lowest BCUT2D eigenvalue weighted by Gasteiger charge is -2.21. The van der Waals surface area contributed by atoms with Crippen molar-refractivity contribution in [2.24, 2.45) is 5.92 Å². The summed E-state index contributed by atoms with van der Waals surface area (Å²) in [6, 6.07) is -0.238. The largest absolute Gasteiger partial charge is 0.353 e. The molecule has 0 spiro atoms. The number of hydrogen-bond acceptors (Lipinski definition) is 5. The van der Waals surface area contributed by atoms with Gasteiger partial charge in [0.15, 0.2) is 5.82 Å². The Morgan fingerprint density at radius 1 is 1.29 bits per heavy atom. The summed E-state index contributed by atoms with van der Waals surface area (Å²) >= 11 is 0. The van der Waals surface area contributed by atoms with Crippen LogP contribution >= 0.6 is 0 Å². The fraction of sp³-hybridized carbons (Fsp3) is 0.727. The van der Waals surface area contributed by atoms with Crippen molar-refractivity contribution in [3.63, 3.8) is 0 Å². The number of carbonyl (C=O) groups is 1. The van der Waals surface area contributed by atoms with Gasteiger partial charge in [-0.25, -0.2) is 0 Å². The molecule has 2 fully saturated rings. The highest BCUT2D eigenvalue weighted by Crippen LogP contribution is 2.31. The van der Waals surface area contributed by atoms with E-state index in [2.05, 4.69) is 20.8 Å². The molecule has 3 rings (SSSR count). The Morgan fingerprint density at radius 2 is 2.18 bits per heavy atom. The molecule has 1 saturated heterocycles. The first-order valence-corrected chi connectivity index (χ1v) is 6.14. The summed E-state index contributed by atoms with van der Waals surface area (Å²) in [6.07, 6.45) is 3.93. The van der Waals surface area contributed by atoms with E-state index in [1.165, 1.54) is 12.8 Å². The lowest BCUT2D eigenvalue weighted by Crippen LogP contribution is -2.53. The Kier molecular flexibility index (Phi) is 2.80. The second kappa shape index (κ2) is 4.44. The van der Waals surface area contributed by atoms with Gasteiger partial charge in [0.25, 0.3) is 0 Å². The molecule has 0 bridgehead atoms. The van der Waals surface area contributed by atoms with E-state index in [9.17, 15) is 4.79 Å². The van der Waals surface area contributed by atoms with Gasteiger partial charge in [0.1, 0.15) is 0 Å². The molecular formula is C11H16N4O2. The third-order valence-corrected chi connectivity index (χ3v) is 3.19. The van der Waals surface area contributed by atoms with E-state index in [-0.39, 0.29) is 11.9 Å². The van der Waals surface area contributed by atoms with Crippen molar-refractivity contribution >= 4 is 5.91 Å². The first kappa shape index (κ1) is 10.7. The number of piperazine rings is 1. The summed E-state index contributed by atoms with van der Waals surface area (Å²) in [7, 11) is 0. The number of nitrogens with one attached hydrogen (secondary N) is 2. The SMILES string of the molecule is O=C1NCCNC1Cc1nc(CC2CC2)no1. The minimum Gasteiger partial charge on any atom is -0.353 e. The summed E-state index contributed by atoms with van der Waals surface area (Å²) in [6.45, 7) is 1.48. The summed E-state index contributed by atoms with van der Waals surface area (Å²) in [5, 5.41) is 9.89. The number of aromatic nitrogens is 2. The zero-order valence-electron chi connectivity index (χ0n) is 9.61. The molecule has 1 unspecified atom stereocenters. The van der Waals surface area contributed by atoms with Crippen LogP contribution in [0.4, 0.5) is 0 Å². The number of rotatable bonds is 4. The maximum atomic E-state index is 11.5. The molecule has 1 atom stereocenters. The van der Waals surface area contributed by atoms with Crippen LogP contribution in [-0.2, 0) is 17.6 Å². The average Bonchev–Trinajstić information content (AvgIpc) is 3.02. The molecule has 0 radical (unpaired) electrons. The zero-order chi connectivity index (χ0) is 11.7. The molecule has 6 nitrogen and oxygen atoms in total. The predicted molar refractivity (Wildman–Crippen MR) is 59.2 cm³/mol. The molecule has 6 heteroatoms. The van der Waals surface area contributed by atoms with Gasteiger partial charge in [-0.2, -0.15) is 4.98 Å². The molecule has 1 aromatic heterocycles. The number of amides is 1.